The van der Waals surface area contributed by atoms with E-state index < -0.39 is 0 Å². The second-order valence-electron chi connectivity index (χ2n) is 6.00. The molecule has 0 aliphatic carbocycles. The minimum absolute atomic E-state index is 0.119. The number of rotatable bonds is 4. The number of carbonyl (C=O) groups is 2. The van der Waals surface area contributed by atoms with Crippen LogP contribution in [0.15, 0.2) is 17.5 Å². The Labute approximate surface area is 155 Å². The van der Waals surface area contributed by atoms with Gasteiger partial charge in [0.25, 0.3) is 0 Å². The van der Waals surface area contributed by atoms with Crippen molar-refractivity contribution in [1.29, 1.82) is 0 Å². The average Bonchev–Trinajstić information content (AvgIpc) is 3.29. The summed E-state index contributed by atoms with van der Waals surface area (Å²) in [4.78, 5) is 29.2. The molecule has 1 aliphatic rings. The summed E-state index contributed by atoms with van der Waals surface area (Å²) >= 11 is 3.10. The number of hydrogen-bond acceptors (Lipinski definition) is 5. The lowest BCUT2D eigenvalue weighted by molar-refractivity contribution is 0.0527. The van der Waals surface area contributed by atoms with E-state index >= 15 is 0 Å². The Morgan fingerprint density at radius 3 is 2.88 bits per heavy atom. The van der Waals surface area contributed by atoms with Crippen LogP contribution in [0, 0.1) is 13.8 Å². The van der Waals surface area contributed by atoms with E-state index in [2.05, 4.69) is 11.4 Å². The van der Waals surface area contributed by atoms with Gasteiger partial charge in [-0.15, -0.1) is 22.7 Å². The highest BCUT2D eigenvalue weighted by atomic mass is 32.1. The van der Waals surface area contributed by atoms with Gasteiger partial charge in [0, 0.05) is 16.3 Å². The first kappa shape index (κ1) is 17.9. The Hall–Kier alpha value is -1.86. The molecule has 2 amide bonds. The second kappa shape index (κ2) is 7.58. The van der Waals surface area contributed by atoms with Crippen molar-refractivity contribution in [2.45, 2.75) is 39.7 Å². The van der Waals surface area contributed by atoms with Crippen molar-refractivity contribution in [2.75, 3.05) is 18.5 Å². The molecule has 0 radical (unpaired) electrons. The van der Waals surface area contributed by atoms with E-state index in [4.69, 9.17) is 4.74 Å². The number of carbonyl (C=O) groups excluding carboxylic acids is 2. The van der Waals surface area contributed by atoms with Gasteiger partial charge in [-0.05, 0) is 50.6 Å². The van der Waals surface area contributed by atoms with E-state index in [1.54, 1.807) is 18.3 Å². The molecule has 0 bridgehead atoms. The molecule has 2 aromatic heterocycles. The van der Waals surface area contributed by atoms with E-state index in [0.717, 1.165) is 29.8 Å². The average molecular weight is 379 g/mol. The summed E-state index contributed by atoms with van der Waals surface area (Å²) in [6.07, 6.45) is 1.96. The fraction of sp³-hybridized carbons (Fsp3) is 0.444. The maximum atomic E-state index is 12.8. The normalized spacial score (nSPS) is 16.9. The molecule has 5 nitrogen and oxygen atoms in total. The number of anilines is 1. The molecule has 3 heterocycles. The summed E-state index contributed by atoms with van der Waals surface area (Å²) in [6, 6.07) is 4.06. The van der Waals surface area contributed by atoms with Crippen molar-refractivity contribution in [2.24, 2.45) is 0 Å². The van der Waals surface area contributed by atoms with Crippen LogP contribution in [-0.2, 0) is 4.74 Å². The van der Waals surface area contributed by atoms with Crippen LogP contribution in [0.3, 0.4) is 0 Å². The second-order valence-corrected chi connectivity index (χ2v) is 8.21. The molecule has 1 saturated heterocycles. The van der Waals surface area contributed by atoms with Crippen LogP contribution in [-0.4, -0.2) is 30.1 Å². The zero-order chi connectivity index (χ0) is 18.0. The van der Waals surface area contributed by atoms with Crippen LogP contribution < -0.4 is 5.32 Å². The van der Waals surface area contributed by atoms with E-state index in [9.17, 15) is 9.59 Å². The minimum Gasteiger partial charge on any atom is -0.462 e. The predicted octanol–water partition coefficient (Wildman–Crippen LogP) is 4.97. The van der Waals surface area contributed by atoms with Crippen LogP contribution >= 0.6 is 22.7 Å². The fourth-order valence-corrected chi connectivity index (χ4v) is 5.03. The lowest BCUT2D eigenvalue weighted by atomic mass is 10.1. The maximum Gasteiger partial charge on any atom is 0.341 e. The summed E-state index contributed by atoms with van der Waals surface area (Å²) in [7, 11) is 0. The molecular formula is C18H22N2O3S2. The Bertz CT molecular complexity index is 768. The van der Waals surface area contributed by atoms with Gasteiger partial charge in [-0.3, -0.25) is 5.32 Å². The van der Waals surface area contributed by atoms with Crippen LogP contribution in [0.5, 0.6) is 0 Å². The number of amides is 2. The molecule has 0 unspecified atom stereocenters. The molecule has 134 valence electrons. The molecule has 25 heavy (non-hydrogen) atoms. The van der Waals surface area contributed by atoms with Gasteiger partial charge in [0.15, 0.2) is 0 Å². The molecule has 1 N–H and O–H groups in total. The topological polar surface area (TPSA) is 58.6 Å². The SMILES string of the molecule is CCOC(=O)c1c(NC(=O)N2CCC[C@H]2c2cccs2)sc(C)c1C. The lowest BCUT2D eigenvalue weighted by Crippen LogP contribution is -2.34. The monoisotopic (exact) mass is 378 g/mol. The van der Waals surface area contributed by atoms with Gasteiger partial charge in [-0.25, -0.2) is 9.59 Å². The Morgan fingerprint density at radius 2 is 2.20 bits per heavy atom. The standard InChI is InChI=1S/C18H22N2O3S2/c1-4-23-17(21)15-11(2)12(3)25-16(15)19-18(22)20-9-5-7-13(20)14-8-6-10-24-14/h6,8,10,13H,4-5,7,9H2,1-3H3,(H,19,22)/t13-/m0/s1. The minimum atomic E-state index is -0.379. The summed E-state index contributed by atoms with van der Waals surface area (Å²) < 4.78 is 5.15. The molecule has 0 spiro atoms. The quantitative estimate of drug-likeness (QED) is 0.764. The number of nitrogens with zero attached hydrogens (tertiary/aromatic N) is 1. The molecule has 0 saturated carbocycles. The number of ether oxygens (including phenoxy) is 1. The van der Waals surface area contributed by atoms with Gasteiger partial charge in [0.05, 0.1) is 18.2 Å². The number of thiophene rings is 2. The lowest BCUT2D eigenvalue weighted by Gasteiger charge is -2.24. The molecule has 3 rings (SSSR count). The molecule has 1 aliphatic heterocycles. The first-order chi connectivity index (χ1) is 12.0. The highest BCUT2D eigenvalue weighted by Gasteiger charge is 2.32. The van der Waals surface area contributed by atoms with Crippen molar-refractivity contribution in [3.05, 3.63) is 38.4 Å². The highest BCUT2D eigenvalue weighted by molar-refractivity contribution is 7.16. The zero-order valence-electron chi connectivity index (χ0n) is 14.6. The maximum absolute atomic E-state index is 12.8. The Morgan fingerprint density at radius 1 is 1.40 bits per heavy atom. The van der Waals surface area contributed by atoms with Crippen molar-refractivity contribution in [3.63, 3.8) is 0 Å². The number of urea groups is 1. The largest absolute Gasteiger partial charge is 0.462 e. The van der Waals surface area contributed by atoms with Gasteiger partial charge in [0.1, 0.15) is 5.00 Å². The third kappa shape index (κ3) is 3.57. The highest BCUT2D eigenvalue weighted by Crippen LogP contribution is 2.37. The summed E-state index contributed by atoms with van der Waals surface area (Å²) in [6.45, 7) is 6.65. The molecule has 7 heteroatoms. The first-order valence-corrected chi connectivity index (χ1v) is 10.1. The Kier molecular flexibility index (Phi) is 5.44. The Balaban J connectivity index is 1.81. The number of nitrogens with one attached hydrogen (secondary N) is 1. The molecule has 1 atom stereocenters. The van der Waals surface area contributed by atoms with Gasteiger partial charge >= 0.3 is 12.0 Å². The fourth-order valence-electron chi connectivity index (χ4n) is 3.12. The number of likely N-dealkylation sites (tertiary alicyclic amines) is 1. The molecule has 2 aromatic rings. The van der Waals surface area contributed by atoms with E-state index in [1.165, 1.54) is 16.2 Å². The van der Waals surface area contributed by atoms with Crippen molar-refractivity contribution < 1.29 is 14.3 Å². The van der Waals surface area contributed by atoms with Crippen molar-refractivity contribution >= 4 is 39.7 Å². The van der Waals surface area contributed by atoms with Crippen molar-refractivity contribution in [3.8, 4) is 0 Å². The van der Waals surface area contributed by atoms with Gasteiger partial charge in [0.2, 0.25) is 0 Å². The summed E-state index contributed by atoms with van der Waals surface area (Å²) in [5.41, 5.74) is 1.35. The predicted molar refractivity (Wildman–Crippen MR) is 102 cm³/mol. The third-order valence-corrected chi connectivity index (χ3v) is 6.57. The molecule has 1 fully saturated rings. The summed E-state index contributed by atoms with van der Waals surface area (Å²) in [5, 5.41) is 5.57. The van der Waals surface area contributed by atoms with Gasteiger partial charge < -0.3 is 9.64 Å². The van der Waals surface area contributed by atoms with Crippen LogP contribution in [0.2, 0.25) is 0 Å². The van der Waals surface area contributed by atoms with Crippen LogP contribution in [0.4, 0.5) is 9.80 Å². The van der Waals surface area contributed by atoms with Crippen LogP contribution in [0.1, 0.15) is 51.5 Å². The number of aryl methyl sites for hydroxylation is 1. The zero-order valence-corrected chi connectivity index (χ0v) is 16.3. The number of hydrogen-bond donors (Lipinski definition) is 1. The third-order valence-electron chi connectivity index (χ3n) is 4.47. The van der Waals surface area contributed by atoms with E-state index in [1.807, 2.05) is 30.2 Å². The first-order valence-electron chi connectivity index (χ1n) is 8.41. The van der Waals surface area contributed by atoms with E-state index in [-0.39, 0.29) is 18.0 Å². The molecule has 0 aromatic carbocycles. The molecular weight excluding hydrogens is 356 g/mol. The van der Waals surface area contributed by atoms with Gasteiger partial charge in [-0.2, -0.15) is 0 Å². The van der Waals surface area contributed by atoms with Crippen molar-refractivity contribution in [1.82, 2.24) is 4.90 Å². The summed E-state index contributed by atoms with van der Waals surface area (Å²) in [5.74, 6) is -0.379. The van der Waals surface area contributed by atoms with Gasteiger partial charge in [-0.1, -0.05) is 6.07 Å². The number of esters is 1. The smallest absolute Gasteiger partial charge is 0.341 e. The van der Waals surface area contributed by atoms with E-state index in [0.29, 0.717) is 17.2 Å². The van der Waals surface area contributed by atoms with Crippen LogP contribution in [0.25, 0.3) is 0 Å².